The van der Waals surface area contributed by atoms with E-state index in [1.54, 1.807) is 6.07 Å². The summed E-state index contributed by atoms with van der Waals surface area (Å²) >= 11 is 2.05. The van der Waals surface area contributed by atoms with Crippen LogP contribution in [0.3, 0.4) is 0 Å². The van der Waals surface area contributed by atoms with Crippen LogP contribution in [-0.2, 0) is 4.74 Å². The zero-order valence-corrected chi connectivity index (χ0v) is 13.5. The summed E-state index contributed by atoms with van der Waals surface area (Å²) in [7, 11) is 0. The lowest BCUT2D eigenvalue weighted by atomic mass is 9.81. The minimum atomic E-state index is -0.287. The number of benzene rings is 1. The second kappa shape index (κ2) is 5.72. The van der Waals surface area contributed by atoms with Crippen LogP contribution in [0.5, 0.6) is 0 Å². The fourth-order valence-corrected chi connectivity index (χ4v) is 4.27. The summed E-state index contributed by atoms with van der Waals surface area (Å²) < 4.78 is 19.8. The van der Waals surface area contributed by atoms with Gasteiger partial charge in [0.1, 0.15) is 5.82 Å². The van der Waals surface area contributed by atoms with Crippen molar-refractivity contribution in [3.05, 3.63) is 33.1 Å². The predicted octanol–water partition coefficient (Wildman–Crippen LogP) is 4.35. The van der Waals surface area contributed by atoms with Gasteiger partial charge < -0.3 is 4.74 Å². The summed E-state index contributed by atoms with van der Waals surface area (Å²) in [5, 5.41) is 0. The molecule has 0 amide bonds. The van der Waals surface area contributed by atoms with Crippen LogP contribution in [0.15, 0.2) is 18.2 Å². The third-order valence-electron chi connectivity index (χ3n) is 4.58. The Labute approximate surface area is 132 Å². The number of ketones is 1. The Morgan fingerprint density at radius 2 is 2.10 bits per heavy atom. The van der Waals surface area contributed by atoms with Crippen LogP contribution in [0.1, 0.15) is 48.9 Å². The van der Waals surface area contributed by atoms with Crippen LogP contribution in [0.25, 0.3) is 0 Å². The van der Waals surface area contributed by atoms with Crippen LogP contribution in [0.2, 0.25) is 0 Å². The summed E-state index contributed by atoms with van der Waals surface area (Å²) in [6.07, 6.45) is 6.19. The molecule has 0 radical (unpaired) electrons. The Bertz CT molecular complexity index is 523. The van der Waals surface area contributed by atoms with Gasteiger partial charge in [0, 0.05) is 21.7 Å². The highest BCUT2D eigenvalue weighted by Crippen LogP contribution is 2.43. The smallest absolute Gasteiger partial charge is 0.167 e. The van der Waals surface area contributed by atoms with Gasteiger partial charge in [0.25, 0.3) is 0 Å². The molecule has 2 aliphatic rings. The van der Waals surface area contributed by atoms with Crippen molar-refractivity contribution in [3.63, 3.8) is 0 Å². The molecular weight excluding hydrogens is 370 g/mol. The van der Waals surface area contributed by atoms with E-state index in [1.807, 2.05) is 22.6 Å². The SMILES string of the molecule is O=C(c1ccc(F)cc1I)C1CCOC2(CCCC2)C1. The highest BCUT2D eigenvalue weighted by atomic mass is 127. The summed E-state index contributed by atoms with van der Waals surface area (Å²) in [4.78, 5) is 12.7. The second-order valence-corrected chi connectivity index (χ2v) is 7.08. The first-order valence-corrected chi connectivity index (χ1v) is 8.31. The first kappa shape index (κ1) is 14.4. The molecule has 3 rings (SSSR count). The van der Waals surface area contributed by atoms with Crippen LogP contribution >= 0.6 is 22.6 Å². The molecule has 2 fully saturated rings. The van der Waals surface area contributed by atoms with Crippen molar-refractivity contribution in [2.75, 3.05) is 6.61 Å². The quantitative estimate of drug-likeness (QED) is 0.556. The molecule has 0 bridgehead atoms. The summed E-state index contributed by atoms with van der Waals surface area (Å²) in [6.45, 7) is 0.675. The molecule has 1 saturated carbocycles. The minimum Gasteiger partial charge on any atom is -0.375 e. The second-order valence-electron chi connectivity index (χ2n) is 5.92. The number of carbonyl (C=O) groups excluding carboxylic acids is 1. The Balaban J connectivity index is 1.79. The minimum absolute atomic E-state index is 0.0285. The molecule has 1 unspecified atom stereocenters. The van der Waals surface area contributed by atoms with Gasteiger partial charge in [-0.15, -0.1) is 0 Å². The maximum absolute atomic E-state index is 13.2. The van der Waals surface area contributed by atoms with Crippen LogP contribution < -0.4 is 0 Å². The maximum Gasteiger partial charge on any atom is 0.167 e. The van der Waals surface area contributed by atoms with Crippen molar-refractivity contribution in [1.29, 1.82) is 0 Å². The largest absolute Gasteiger partial charge is 0.375 e. The van der Waals surface area contributed by atoms with Gasteiger partial charge in [-0.05, 0) is 66.5 Å². The summed E-state index contributed by atoms with van der Waals surface area (Å²) in [5.74, 6) is -0.102. The van der Waals surface area contributed by atoms with Crippen molar-refractivity contribution in [1.82, 2.24) is 0 Å². The lowest BCUT2D eigenvalue weighted by Crippen LogP contribution is -2.39. The lowest BCUT2D eigenvalue weighted by Gasteiger charge is -2.37. The van der Waals surface area contributed by atoms with Gasteiger partial charge in [-0.25, -0.2) is 4.39 Å². The van der Waals surface area contributed by atoms with Crippen LogP contribution in [0, 0.1) is 15.3 Å². The van der Waals surface area contributed by atoms with Crippen molar-refractivity contribution < 1.29 is 13.9 Å². The number of ether oxygens (including phenoxy) is 1. The van der Waals surface area contributed by atoms with E-state index in [0.29, 0.717) is 15.7 Å². The number of rotatable bonds is 2. The van der Waals surface area contributed by atoms with Crippen LogP contribution in [-0.4, -0.2) is 18.0 Å². The number of Topliss-reactive ketones (excluding diaryl/α,β-unsaturated/α-hetero) is 1. The molecule has 1 atom stereocenters. The zero-order chi connectivity index (χ0) is 14.2. The first-order chi connectivity index (χ1) is 9.60. The molecule has 1 aromatic rings. The van der Waals surface area contributed by atoms with E-state index < -0.39 is 0 Å². The fourth-order valence-electron chi connectivity index (χ4n) is 3.53. The van der Waals surface area contributed by atoms with E-state index in [9.17, 15) is 9.18 Å². The first-order valence-electron chi connectivity index (χ1n) is 7.23. The Morgan fingerprint density at radius 3 is 2.80 bits per heavy atom. The molecule has 1 saturated heterocycles. The molecule has 0 aromatic heterocycles. The Hall–Kier alpha value is -0.490. The average molecular weight is 388 g/mol. The number of carbonyl (C=O) groups is 1. The molecule has 1 heterocycles. The normalized spacial score (nSPS) is 25.0. The van der Waals surface area contributed by atoms with Crippen LogP contribution in [0.4, 0.5) is 4.39 Å². The van der Waals surface area contributed by atoms with Crippen molar-refractivity contribution >= 4 is 28.4 Å². The van der Waals surface area contributed by atoms with Gasteiger partial charge in [0.15, 0.2) is 5.78 Å². The molecule has 1 spiro atoms. The van der Waals surface area contributed by atoms with Crippen molar-refractivity contribution in [2.45, 2.75) is 44.1 Å². The third kappa shape index (κ3) is 2.77. The predicted molar refractivity (Wildman–Crippen MR) is 83.3 cm³/mol. The van der Waals surface area contributed by atoms with Gasteiger partial charge in [0.05, 0.1) is 5.60 Å². The van der Waals surface area contributed by atoms with E-state index >= 15 is 0 Å². The number of hydrogen-bond acceptors (Lipinski definition) is 2. The zero-order valence-electron chi connectivity index (χ0n) is 11.3. The molecule has 4 heteroatoms. The molecule has 1 aliphatic heterocycles. The Morgan fingerprint density at radius 1 is 1.35 bits per heavy atom. The molecule has 20 heavy (non-hydrogen) atoms. The van der Waals surface area contributed by atoms with Gasteiger partial charge in [-0.2, -0.15) is 0 Å². The summed E-state index contributed by atoms with van der Waals surface area (Å²) in [6, 6.07) is 4.43. The molecule has 0 N–H and O–H groups in total. The summed E-state index contributed by atoms with van der Waals surface area (Å²) in [5.41, 5.74) is 0.608. The van der Waals surface area contributed by atoms with E-state index in [-0.39, 0.29) is 23.1 Å². The van der Waals surface area contributed by atoms with Crippen molar-refractivity contribution in [3.8, 4) is 0 Å². The molecule has 108 valence electrons. The van der Waals surface area contributed by atoms with E-state index in [0.717, 1.165) is 25.7 Å². The number of hydrogen-bond donors (Lipinski definition) is 0. The monoisotopic (exact) mass is 388 g/mol. The lowest BCUT2D eigenvalue weighted by molar-refractivity contribution is -0.0866. The van der Waals surface area contributed by atoms with Crippen molar-refractivity contribution in [2.24, 2.45) is 5.92 Å². The molecule has 1 aromatic carbocycles. The topological polar surface area (TPSA) is 26.3 Å². The fraction of sp³-hybridized carbons (Fsp3) is 0.562. The molecule has 2 nitrogen and oxygen atoms in total. The van der Waals surface area contributed by atoms with E-state index in [1.165, 1.54) is 25.0 Å². The highest BCUT2D eigenvalue weighted by molar-refractivity contribution is 14.1. The standard InChI is InChI=1S/C16H18FIO2/c17-12-3-4-13(14(18)9-12)15(19)11-5-8-20-16(10-11)6-1-2-7-16/h3-4,9,11H,1-2,5-8,10H2. The Kier molecular flexibility index (Phi) is 4.13. The van der Waals surface area contributed by atoms with E-state index in [2.05, 4.69) is 0 Å². The van der Waals surface area contributed by atoms with Gasteiger partial charge in [-0.3, -0.25) is 4.79 Å². The third-order valence-corrected chi connectivity index (χ3v) is 5.47. The van der Waals surface area contributed by atoms with E-state index in [4.69, 9.17) is 4.74 Å². The van der Waals surface area contributed by atoms with Gasteiger partial charge in [0.2, 0.25) is 0 Å². The van der Waals surface area contributed by atoms with Gasteiger partial charge >= 0.3 is 0 Å². The van der Waals surface area contributed by atoms with Gasteiger partial charge in [-0.1, -0.05) is 12.8 Å². The maximum atomic E-state index is 13.2. The highest BCUT2D eigenvalue weighted by Gasteiger charge is 2.42. The molecular formula is C16H18FIO2. The number of halogens is 2. The molecule has 1 aliphatic carbocycles. The average Bonchev–Trinajstić information content (AvgIpc) is 2.86.